The Hall–Kier alpha value is -3.33. The van der Waals surface area contributed by atoms with Gasteiger partial charge in [-0.3, -0.25) is 14.3 Å². The van der Waals surface area contributed by atoms with Crippen LogP contribution in [-0.4, -0.2) is 43.5 Å². The summed E-state index contributed by atoms with van der Waals surface area (Å²) in [7, 11) is 1.52. The fourth-order valence-electron chi connectivity index (χ4n) is 2.80. The summed E-state index contributed by atoms with van der Waals surface area (Å²) in [6.07, 6.45) is 0.740. The topological polar surface area (TPSA) is 114 Å². The lowest BCUT2D eigenvalue weighted by Gasteiger charge is -2.15. The molecule has 2 heterocycles. The molecule has 2 aromatic heterocycles. The molecule has 0 saturated carbocycles. The fourth-order valence-corrected chi connectivity index (χ4v) is 2.80. The Bertz CT molecular complexity index is 1090. The van der Waals surface area contributed by atoms with E-state index in [1.165, 1.54) is 11.6 Å². The van der Waals surface area contributed by atoms with E-state index >= 15 is 0 Å². The van der Waals surface area contributed by atoms with Gasteiger partial charge in [-0.05, 0) is 19.1 Å². The summed E-state index contributed by atoms with van der Waals surface area (Å²) in [6.45, 7) is 6.13. The number of aliphatic hydroxyl groups excluding tert-OH is 1. The molecule has 9 heteroatoms. The van der Waals surface area contributed by atoms with Gasteiger partial charge in [0.2, 0.25) is 5.95 Å². The van der Waals surface area contributed by atoms with E-state index < -0.39 is 17.4 Å². The number of fused-ring (bicyclic) bond motifs is 1. The molecule has 0 unspecified atom stereocenters. The smallest absolute Gasteiger partial charge is 0.329 e. The summed E-state index contributed by atoms with van der Waals surface area (Å²) in [5, 5.41) is 13.5. The third-order valence-electron chi connectivity index (χ3n) is 4.27. The summed E-state index contributed by atoms with van der Waals surface area (Å²) in [5.41, 5.74) is 0.417. The van der Waals surface area contributed by atoms with E-state index in [9.17, 15) is 14.7 Å². The highest BCUT2D eigenvalue weighted by molar-refractivity contribution is 5.74. The Morgan fingerprint density at radius 1 is 1.36 bits per heavy atom. The number of aromatic amines is 1. The summed E-state index contributed by atoms with van der Waals surface area (Å²) >= 11 is 0. The lowest BCUT2D eigenvalue weighted by atomic mass is 10.2. The van der Waals surface area contributed by atoms with Gasteiger partial charge in [0.1, 0.15) is 18.5 Å². The molecule has 28 heavy (non-hydrogen) atoms. The van der Waals surface area contributed by atoms with Crippen molar-refractivity contribution in [1.82, 2.24) is 19.1 Å². The second kappa shape index (κ2) is 8.13. The van der Waals surface area contributed by atoms with Crippen LogP contribution in [0.2, 0.25) is 0 Å². The first kappa shape index (κ1) is 19.4. The molecular formula is C19H23N5O4. The SMILES string of the molecule is C=CCNc1nc2c(c(=O)[nH]c(=O)n2C)n1C[C@H](O)COc1ccc(C)cc1. The number of hydrogen-bond acceptors (Lipinski definition) is 6. The summed E-state index contributed by atoms with van der Waals surface area (Å²) < 4.78 is 8.41. The fraction of sp³-hybridized carbons (Fsp3) is 0.316. The molecule has 148 valence electrons. The molecular weight excluding hydrogens is 362 g/mol. The quantitative estimate of drug-likeness (QED) is 0.494. The lowest BCUT2D eigenvalue weighted by Crippen LogP contribution is -2.31. The van der Waals surface area contributed by atoms with E-state index in [1.807, 2.05) is 31.2 Å². The highest BCUT2D eigenvalue weighted by Gasteiger charge is 2.19. The Labute approximate surface area is 160 Å². The van der Waals surface area contributed by atoms with Gasteiger partial charge in [0.05, 0.1) is 6.54 Å². The van der Waals surface area contributed by atoms with Gasteiger partial charge in [-0.15, -0.1) is 6.58 Å². The summed E-state index contributed by atoms with van der Waals surface area (Å²) in [5.74, 6) is 1.00. The van der Waals surface area contributed by atoms with Crippen molar-refractivity contribution in [3.8, 4) is 5.75 Å². The summed E-state index contributed by atoms with van der Waals surface area (Å²) in [4.78, 5) is 30.8. The van der Waals surface area contributed by atoms with Crippen LogP contribution in [0.5, 0.6) is 5.75 Å². The minimum Gasteiger partial charge on any atom is -0.491 e. The normalized spacial score (nSPS) is 12.1. The van der Waals surface area contributed by atoms with Gasteiger partial charge in [0, 0.05) is 13.6 Å². The van der Waals surface area contributed by atoms with Crippen molar-refractivity contribution in [2.24, 2.45) is 7.05 Å². The molecule has 9 nitrogen and oxygen atoms in total. The van der Waals surface area contributed by atoms with E-state index in [1.54, 1.807) is 10.6 Å². The van der Waals surface area contributed by atoms with Crippen LogP contribution in [0.15, 0.2) is 46.5 Å². The van der Waals surface area contributed by atoms with Crippen LogP contribution in [0.4, 0.5) is 5.95 Å². The predicted molar refractivity (Wildman–Crippen MR) is 107 cm³/mol. The van der Waals surface area contributed by atoms with E-state index in [4.69, 9.17) is 4.74 Å². The third kappa shape index (κ3) is 3.99. The number of benzene rings is 1. The number of hydrogen-bond donors (Lipinski definition) is 3. The number of aryl methyl sites for hydroxylation is 2. The van der Waals surface area contributed by atoms with Crippen molar-refractivity contribution in [3.05, 3.63) is 63.3 Å². The number of rotatable bonds is 8. The number of anilines is 1. The number of ether oxygens (including phenoxy) is 1. The molecule has 0 amide bonds. The van der Waals surface area contributed by atoms with E-state index in [0.29, 0.717) is 18.2 Å². The van der Waals surface area contributed by atoms with Crippen LogP contribution in [0.3, 0.4) is 0 Å². The first-order valence-corrected chi connectivity index (χ1v) is 8.82. The number of nitrogens with one attached hydrogen (secondary N) is 2. The highest BCUT2D eigenvalue weighted by atomic mass is 16.5. The number of aromatic nitrogens is 4. The van der Waals surface area contributed by atoms with Gasteiger partial charge in [0.15, 0.2) is 11.2 Å². The Morgan fingerprint density at radius 2 is 2.07 bits per heavy atom. The minimum atomic E-state index is -0.903. The zero-order chi connectivity index (χ0) is 20.3. The van der Waals surface area contributed by atoms with Gasteiger partial charge >= 0.3 is 5.69 Å². The number of aliphatic hydroxyl groups is 1. The van der Waals surface area contributed by atoms with Crippen molar-refractivity contribution in [3.63, 3.8) is 0 Å². The minimum absolute atomic E-state index is 0.0350. The Kier molecular flexibility index (Phi) is 5.65. The maximum absolute atomic E-state index is 12.4. The van der Waals surface area contributed by atoms with Crippen LogP contribution in [0.25, 0.3) is 11.2 Å². The molecule has 0 aliphatic carbocycles. The number of imidazole rings is 1. The van der Waals surface area contributed by atoms with Gasteiger partial charge in [0.25, 0.3) is 5.56 Å². The zero-order valence-corrected chi connectivity index (χ0v) is 15.8. The monoisotopic (exact) mass is 385 g/mol. The predicted octanol–water partition coefficient (Wildman–Crippen LogP) is 0.770. The average molecular weight is 385 g/mol. The van der Waals surface area contributed by atoms with Gasteiger partial charge in [-0.25, -0.2) is 4.79 Å². The van der Waals surface area contributed by atoms with Crippen molar-refractivity contribution < 1.29 is 9.84 Å². The molecule has 0 aliphatic heterocycles. The van der Waals surface area contributed by atoms with Crippen molar-refractivity contribution in [1.29, 1.82) is 0 Å². The molecule has 0 spiro atoms. The van der Waals surface area contributed by atoms with Gasteiger partial charge in [-0.1, -0.05) is 23.8 Å². The second-order valence-electron chi connectivity index (χ2n) is 6.48. The molecule has 0 bridgehead atoms. The average Bonchev–Trinajstić information content (AvgIpc) is 3.03. The molecule has 3 aromatic rings. The maximum atomic E-state index is 12.4. The van der Waals surface area contributed by atoms with Crippen molar-refractivity contribution >= 4 is 17.1 Å². The molecule has 0 saturated heterocycles. The largest absolute Gasteiger partial charge is 0.491 e. The Morgan fingerprint density at radius 3 is 2.75 bits per heavy atom. The lowest BCUT2D eigenvalue weighted by molar-refractivity contribution is 0.0938. The summed E-state index contributed by atoms with van der Waals surface area (Å²) in [6, 6.07) is 7.49. The van der Waals surface area contributed by atoms with Crippen molar-refractivity contribution in [2.45, 2.75) is 19.6 Å². The second-order valence-corrected chi connectivity index (χ2v) is 6.48. The third-order valence-corrected chi connectivity index (χ3v) is 4.27. The molecule has 0 aliphatic rings. The standard InChI is InChI=1S/C19H23N5O4/c1-4-9-20-18-21-16-15(17(26)22-19(27)23(16)3)24(18)10-13(25)11-28-14-7-5-12(2)6-8-14/h4-8,13,25H,1,9-11H2,2-3H3,(H,20,21)(H,22,26,27)/t13-/m0/s1. The number of nitrogens with zero attached hydrogens (tertiary/aromatic N) is 3. The van der Waals surface area contributed by atoms with Crippen LogP contribution < -0.4 is 21.3 Å². The molecule has 0 radical (unpaired) electrons. The van der Waals surface area contributed by atoms with E-state index in [2.05, 4.69) is 21.9 Å². The highest BCUT2D eigenvalue weighted by Crippen LogP contribution is 2.17. The van der Waals surface area contributed by atoms with Crippen LogP contribution in [0.1, 0.15) is 5.56 Å². The number of H-pyrrole nitrogens is 1. The van der Waals surface area contributed by atoms with Crippen LogP contribution in [-0.2, 0) is 13.6 Å². The molecule has 0 fully saturated rings. The molecule has 3 rings (SSSR count). The van der Waals surface area contributed by atoms with Gasteiger partial charge in [-0.2, -0.15) is 4.98 Å². The molecule has 3 N–H and O–H groups in total. The van der Waals surface area contributed by atoms with Crippen molar-refractivity contribution in [2.75, 3.05) is 18.5 Å². The Balaban J connectivity index is 1.88. The van der Waals surface area contributed by atoms with Gasteiger partial charge < -0.3 is 19.7 Å². The van der Waals surface area contributed by atoms with Crippen LogP contribution >= 0.6 is 0 Å². The van der Waals surface area contributed by atoms with E-state index in [0.717, 1.165) is 5.56 Å². The first-order chi connectivity index (χ1) is 13.4. The first-order valence-electron chi connectivity index (χ1n) is 8.82. The molecule has 1 atom stereocenters. The maximum Gasteiger partial charge on any atom is 0.329 e. The molecule has 1 aromatic carbocycles. The van der Waals surface area contributed by atoms with Crippen LogP contribution in [0, 0.1) is 6.92 Å². The van der Waals surface area contributed by atoms with E-state index in [-0.39, 0.29) is 24.3 Å². The zero-order valence-electron chi connectivity index (χ0n) is 15.8.